The lowest BCUT2D eigenvalue weighted by atomic mass is 10.3. The lowest BCUT2D eigenvalue weighted by Crippen LogP contribution is -2.38. The van der Waals surface area contributed by atoms with Crippen LogP contribution in [0.2, 0.25) is 0 Å². The smallest absolute Gasteiger partial charge is 0.289 e. The summed E-state index contributed by atoms with van der Waals surface area (Å²) in [6, 6.07) is 3.34. The van der Waals surface area contributed by atoms with Crippen LogP contribution in [0.3, 0.4) is 0 Å². The first-order valence-corrected chi connectivity index (χ1v) is 7.22. The molecule has 1 fully saturated rings. The van der Waals surface area contributed by atoms with Crippen LogP contribution in [-0.2, 0) is 9.53 Å². The summed E-state index contributed by atoms with van der Waals surface area (Å²) in [6.07, 6.45) is 0.753. The molecule has 1 saturated heterocycles. The molecule has 0 N–H and O–H groups in total. The SMILES string of the molecule is COCC(=O)N1CCCN(C(=O)c2ccc(Br)o2)CC1. The molecular weight excluding hydrogens is 328 g/mol. The molecule has 20 heavy (non-hydrogen) atoms. The van der Waals surface area contributed by atoms with Crippen molar-refractivity contribution in [1.82, 2.24) is 9.80 Å². The molecule has 0 radical (unpaired) electrons. The van der Waals surface area contributed by atoms with Crippen LogP contribution in [0.5, 0.6) is 0 Å². The van der Waals surface area contributed by atoms with Crippen LogP contribution in [0, 0.1) is 0 Å². The average molecular weight is 345 g/mol. The van der Waals surface area contributed by atoms with Gasteiger partial charge in [-0.05, 0) is 34.5 Å². The summed E-state index contributed by atoms with van der Waals surface area (Å²) in [4.78, 5) is 27.5. The summed E-state index contributed by atoms with van der Waals surface area (Å²) >= 11 is 3.18. The van der Waals surface area contributed by atoms with Crippen LogP contribution >= 0.6 is 15.9 Å². The van der Waals surface area contributed by atoms with Crippen molar-refractivity contribution in [3.63, 3.8) is 0 Å². The van der Waals surface area contributed by atoms with E-state index >= 15 is 0 Å². The van der Waals surface area contributed by atoms with E-state index < -0.39 is 0 Å². The van der Waals surface area contributed by atoms with Crippen molar-refractivity contribution in [2.24, 2.45) is 0 Å². The van der Waals surface area contributed by atoms with Gasteiger partial charge in [0.15, 0.2) is 10.4 Å². The highest BCUT2D eigenvalue weighted by Gasteiger charge is 2.24. The van der Waals surface area contributed by atoms with Crippen molar-refractivity contribution in [3.05, 3.63) is 22.6 Å². The number of hydrogen-bond donors (Lipinski definition) is 0. The largest absolute Gasteiger partial charge is 0.444 e. The monoisotopic (exact) mass is 344 g/mol. The lowest BCUT2D eigenvalue weighted by molar-refractivity contribution is -0.135. The number of ether oxygens (including phenoxy) is 1. The van der Waals surface area contributed by atoms with Gasteiger partial charge in [-0.1, -0.05) is 0 Å². The Morgan fingerprint density at radius 3 is 2.60 bits per heavy atom. The summed E-state index contributed by atoms with van der Waals surface area (Å²) in [6.45, 7) is 2.38. The fraction of sp³-hybridized carbons (Fsp3) is 0.538. The van der Waals surface area contributed by atoms with Crippen LogP contribution in [0.1, 0.15) is 17.0 Å². The second-order valence-electron chi connectivity index (χ2n) is 4.56. The van der Waals surface area contributed by atoms with Crippen LogP contribution in [-0.4, -0.2) is 61.5 Å². The van der Waals surface area contributed by atoms with Gasteiger partial charge in [-0.25, -0.2) is 0 Å². The zero-order valence-corrected chi connectivity index (χ0v) is 12.9. The third kappa shape index (κ3) is 3.61. The number of carbonyl (C=O) groups excluding carboxylic acids is 2. The molecule has 1 aromatic heterocycles. The predicted molar refractivity (Wildman–Crippen MR) is 75.4 cm³/mol. The molecule has 2 rings (SSSR count). The zero-order valence-electron chi connectivity index (χ0n) is 11.3. The van der Waals surface area contributed by atoms with Gasteiger partial charge in [0.2, 0.25) is 5.91 Å². The number of hydrogen-bond acceptors (Lipinski definition) is 4. The first-order valence-electron chi connectivity index (χ1n) is 6.43. The molecule has 6 nitrogen and oxygen atoms in total. The highest BCUT2D eigenvalue weighted by atomic mass is 79.9. The molecule has 0 saturated carbocycles. The molecule has 0 bridgehead atoms. The summed E-state index contributed by atoms with van der Waals surface area (Å²) in [5.74, 6) is 0.132. The molecule has 2 heterocycles. The lowest BCUT2D eigenvalue weighted by Gasteiger charge is -2.21. The van der Waals surface area contributed by atoms with Crippen molar-refractivity contribution in [2.45, 2.75) is 6.42 Å². The van der Waals surface area contributed by atoms with E-state index in [0.717, 1.165) is 6.42 Å². The van der Waals surface area contributed by atoms with Crippen molar-refractivity contribution in [1.29, 1.82) is 0 Å². The standard InChI is InChI=1S/C13H17BrN2O4/c1-19-9-12(17)15-5-2-6-16(8-7-15)13(18)10-3-4-11(14)20-10/h3-4H,2,5-9H2,1H3. The van der Waals surface area contributed by atoms with E-state index in [1.807, 2.05) is 0 Å². The number of methoxy groups -OCH3 is 1. The summed E-state index contributed by atoms with van der Waals surface area (Å²) in [5.41, 5.74) is 0. The van der Waals surface area contributed by atoms with Crippen molar-refractivity contribution in [3.8, 4) is 0 Å². The molecule has 1 aliphatic rings. The third-order valence-electron chi connectivity index (χ3n) is 3.19. The summed E-state index contributed by atoms with van der Waals surface area (Å²) < 4.78 is 10.7. The quantitative estimate of drug-likeness (QED) is 0.830. The molecule has 0 spiro atoms. The van der Waals surface area contributed by atoms with E-state index in [0.29, 0.717) is 36.6 Å². The van der Waals surface area contributed by atoms with Gasteiger partial charge in [-0.15, -0.1) is 0 Å². The van der Waals surface area contributed by atoms with Gasteiger partial charge in [0.1, 0.15) is 6.61 Å². The summed E-state index contributed by atoms with van der Waals surface area (Å²) in [7, 11) is 1.50. The highest BCUT2D eigenvalue weighted by molar-refractivity contribution is 9.10. The molecule has 110 valence electrons. The van der Waals surface area contributed by atoms with Crippen LogP contribution < -0.4 is 0 Å². The van der Waals surface area contributed by atoms with Gasteiger partial charge >= 0.3 is 0 Å². The second-order valence-corrected chi connectivity index (χ2v) is 5.34. The second kappa shape index (κ2) is 6.90. The number of halogens is 1. The van der Waals surface area contributed by atoms with E-state index in [4.69, 9.17) is 9.15 Å². The Hall–Kier alpha value is -1.34. The van der Waals surface area contributed by atoms with Crippen molar-refractivity contribution < 1.29 is 18.7 Å². The molecule has 0 aromatic carbocycles. The number of rotatable bonds is 3. The fourth-order valence-electron chi connectivity index (χ4n) is 2.17. The Kier molecular flexibility index (Phi) is 5.19. The minimum Gasteiger partial charge on any atom is -0.444 e. The average Bonchev–Trinajstić information content (AvgIpc) is 2.72. The fourth-order valence-corrected chi connectivity index (χ4v) is 2.48. The molecule has 1 aliphatic heterocycles. The Bertz CT molecular complexity index is 488. The molecule has 7 heteroatoms. The first-order chi connectivity index (χ1) is 9.61. The maximum atomic E-state index is 12.3. The van der Waals surface area contributed by atoms with Crippen molar-refractivity contribution >= 4 is 27.7 Å². The Balaban J connectivity index is 1.95. The van der Waals surface area contributed by atoms with Crippen LogP contribution in [0.25, 0.3) is 0 Å². The van der Waals surface area contributed by atoms with Gasteiger partial charge in [-0.3, -0.25) is 9.59 Å². The van der Waals surface area contributed by atoms with E-state index in [1.165, 1.54) is 7.11 Å². The van der Waals surface area contributed by atoms with E-state index in [2.05, 4.69) is 15.9 Å². The molecule has 1 aromatic rings. The third-order valence-corrected chi connectivity index (χ3v) is 3.61. The molecule has 0 aliphatic carbocycles. The first kappa shape index (κ1) is 15.1. The highest BCUT2D eigenvalue weighted by Crippen LogP contribution is 2.16. The van der Waals surface area contributed by atoms with Gasteiger partial charge in [0, 0.05) is 33.3 Å². The van der Waals surface area contributed by atoms with Crippen molar-refractivity contribution in [2.75, 3.05) is 39.9 Å². The Morgan fingerprint density at radius 2 is 1.95 bits per heavy atom. The normalized spacial score (nSPS) is 16.1. The predicted octanol–water partition coefficient (Wildman–Crippen LogP) is 1.36. The minimum atomic E-state index is -0.142. The maximum absolute atomic E-state index is 12.3. The topological polar surface area (TPSA) is 63.0 Å². The van der Waals surface area contributed by atoms with Crippen LogP contribution in [0.4, 0.5) is 0 Å². The number of carbonyl (C=O) groups is 2. The van der Waals surface area contributed by atoms with Crippen LogP contribution in [0.15, 0.2) is 21.2 Å². The Morgan fingerprint density at radius 1 is 1.25 bits per heavy atom. The zero-order chi connectivity index (χ0) is 14.5. The van der Waals surface area contributed by atoms with Gasteiger partial charge in [0.25, 0.3) is 5.91 Å². The Labute approximate surface area is 125 Å². The van der Waals surface area contributed by atoms with E-state index in [1.54, 1.807) is 21.9 Å². The maximum Gasteiger partial charge on any atom is 0.289 e. The number of nitrogens with zero attached hydrogens (tertiary/aromatic N) is 2. The molecular formula is C13H17BrN2O4. The van der Waals surface area contributed by atoms with E-state index in [-0.39, 0.29) is 18.4 Å². The molecule has 0 unspecified atom stereocenters. The van der Waals surface area contributed by atoms with Gasteiger partial charge in [0.05, 0.1) is 0 Å². The minimum absolute atomic E-state index is 0.0393. The number of furan rings is 1. The van der Waals surface area contributed by atoms with E-state index in [9.17, 15) is 9.59 Å². The number of amides is 2. The molecule has 2 amide bonds. The van der Waals surface area contributed by atoms with Gasteiger partial charge < -0.3 is 19.0 Å². The summed E-state index contributed by atoms with van der Waals surface area (Å²) in [5, 5.41) is 0. The van der Waals surface area contributed by atoms with Gasteiger partial charge in [-0.2, -0.15) is 0 Å². The molecule has 0 atom stereocenters.